The number of carbonyl (C=O) groups excluding carboxylic acids is 1. The molecule has 15 heavy (non-hydrogen) atoms. The summed E-state index contributed by atoms with van der Waals surface area (Å²) in [5.41, 5.74) is 0.377. The molecular formula is C8H6Na2O4S. The molecule has 0 saturated carbocycles. The van der Waals surface area contributed by atoms with Gasteiger partial charge in [0.1, 0.15) is 0 Å². The molecule has 1 unspecified atom stereocenters. The van der Waals surface area contributed by atoms with Crippen molar-refractivity contribution in [3.8, 4) is 0 Å². The summed E-state index contributed by atoms with van der Waals surface area (Å²) in [6.07, 6.45) is 0. The van der Waals surface area contributed by atoms with Crippen molar-refractivity contribution in [2.75, 3.05) is 0 Å². The number of hydrogen-bond donors (Lipinski definition) is 0. The number of carboxylic acids is 1. The Morgan fingerprint density at radius 1 is 1.33 bits per heavy atom. The second-order valence-corrected chi connectivity index (χ2v) is 3.41. The first-order valence-electron chi connectivity index (χ1n) is 3.43. The Hall–Kier alpha value is 0.800. The van der Waals surface area contributed by atoms with Crippen LogP contribution in [0.5, 0.6) is 0 Å². The van der Waals surface area contributed by atoms with Crippen LogP contribution in [0.4, 0.5) is 0 Å². The summed E-state index contributed by atoms with van der Waals surface area (Å²) in [7, 11) is 0. The first kappa shape index (κ1) is 18.2. The van der Waals surface area contributed by atoms with Crippen LogP contribution in [0.1, 0.15) is 15.9 Å². The van der Waals surface area contributed by atoms with Gasteiger partial charge in [0.2, 0.25) is 0 Å². The molecule has 7 heteroatoms. The molecule has 0 amide bonds. The van der Waals surface area contributed by atoms with Crippen LogP contribution in [-0.2, 0) is 11.1 Å². The van der Waals surface area contributed by atoms with Crippen molar-refractivity contribution in [3.05, 3.63) is 29.3 Å². The zero-order chi connectivity index (χ0) is 10.0. The van der Waals surface area contributed by atoms with Gasteiger partial charge in [-0.1, -0.05) is 6.07 Å². The van der Waals surface area contributed by atoms with E-state index in [1.165, 1.54) is 25.1 Å². The van der Waals surface area contributed by atoms with Crippen molar-refractivity contribution < 1.29 is 77.8 Å². The van der Waals surface area contributed by atoms with E-state index in [0.29, 0.717) is 5.56 Å². The summed E-state index contributed by atoms with van der Waals surface area (Å²) in [4.78, 5) is 10.5. The number of aromatic carboxylic acids is 1. The van der Waals surface area contributed by atoms with E-state index in [0.717, 1.165) is 0 Å². The molecule has 0 aliphatic heterocycles. The predicted octanol–water partition coefficient (Wildman–Crippen LogP) is -6.40. The molecule has 0 radical (unpaired) electrons. The molecule has 4 nitrogen and oxygen atoms in total. The zero-order valence-electron chi connectivity index (χ0n) is 8.77. The van der Waals surface area contributed by atoms with Gasteiger partial charge in [0.15, 0.2) is 0 Å². The van der Waals surface area contributed by atoms with Gasteiger partial charge in [0, 0.05) is 4.90 Å². The fraction of sp³-hybridized carbons (Fsp3) is 0.125. The second kappa shape index (κ2) is 7.97. The van der Waals surface area contributed by atoms with Gasteiger partial charge in [-0.2, -0.15) is 0 Å². The Morgan fingerprint density at radius 3 is 2.20 bits per heavy atom. The second-order valence-electron chi connectivity index (χ2n) is 2.50. The summed E-state index contributed by atoms with van der Waals surface area (Å²) < 4.78 is 21.1. The van der Waals surface area contributed by atoms with E-state index in [1.54, 1.807) is 0 Å². The van der Waals surface area contributed by atoms with Crippen LogP contribution in [0.3, 0.4) is 0 Å². The van der Waals surface area contributed by atoms with Crippen molar-refractivity contribution in [1.82, 2.24) is 0 Å². The Bertz CT molecular complexity index is 381. The number of benzene rings is 1. The van der Waals surface area contributed by atoms with Gasteiger partial charge < -0.3 is 14.5 Å². The monoisotopic (exact) mass is 244 g/mol. The van der Waals surface area contributed by atoms with E-state index in [1.807, 2.05) is 0 Å². The molecule has 0 bridgehead atoms. The van der Waals surface area contributed by atoms with Crippen LogP contribution in [0.15, 0.2) is 23.1 Å². The Labute approximate surface area is 134 Å². The quantitative estimate of drug-likeness (QED) is 0.383. The van der Waals surface area contributed by atoms with E-state index in [-0.39, 0.29) is 69.6 Å². The van der Waals surface area contributed by atoms with Crippen LogP contribution in [-0.4, -0.2) is 14.7 Å². The molecule has 0 spiro atoms. The summed E-state index contributed by atoms with van der Waals surface area (Å²) in [6.45, 7) is 1.53. The van der Waals surface area contributed by atoms with Crippen molar-refractivity contribution >= 4 is 17.0 Å². The van der Waals surface area contributed by atoms with Gasteiger partial charge in [-0.05, 0) is 41.3 Å². The third-order valence-electron chi connectivity index (χ3n) is 1.59. The van der Waals surface area contributed by atoms with Crippen LogP contribution in [0, 0.1) is 6.92 Å². The molecule has 0 aliphatic rings. The van der Waals surface area contributed by atoms with Gasteiger partial charge in [-0.15, -0.1) is 0 Å². The summed E-state index contributed by atoms with van der Waals surface area (Å²) in [6, 6.07) is 3.71. The van der Waals surface area contributed by atoms with Gasteiger partial charge >= 0.3 is 59.1 Å². The number of carbonyl (C=O) groups is 1. The number of carboxylic acid groups (broad SMARTS) is 1. The molecule has 1 aromatic carbocycles. The fourth-order valence-corrected chi connectivity index (χ4v) is 1.46. The minimum Gasteiger partial charge on any atom is -0.768 e. The average molecular weight is 244 g/mol. The van der Waals surface area contributed by atoms with E-state index < -0.39 is 17.0 Å². The van der Waals surface area contributed by atoms with E-state index in [9.17, 15) is 18.7 Å². The maximum absolute atomic E-state index is 10.5. The molecule has 70 valence electrons. The Morgan fingerprint density at radius 2 is 1.87 bits per heavy atom. The predicted molar refractivity (Wildman–Crippen MR) is 42.7 cm³/mol. The van der Waals surface area contributed by atoms with Gasteiger partial charge in [-0.3, -0.25) is 4.21 Å². The van der Waals surface area contributed by atoms with Crippen molar-refractivity contribution in [2.24, 2.45) is 0 Å². The van der Waals surface area contributed by atoms with Crippen molar-refractivity contribution in [2.45, 2.75) is 11.8 Å². The molecular weight excluding hydrogens is 238 g/mol. The molecule has 0 aliphatic carbocycles. The van der Waals surface area contributed by atoms with Gasteiger partial charge in [-0.25, -0.2) is 0 Å². The Kier molecular flexibility index (Phi) is 9.66. The summed E-state index contributed by atoms with van der Waals surface area (Å²) >= 11 is -2.33. The maximum Gasteiger partial charge on any atom is 1.00 e. The zero-order valence-corrected chi connectivity index (χ0v) is 13.6. The molecule has 0 saturated heterocycles. The van der Waals surface area contributed by atoms with Crippen LogP contribution in [0.25, 0.3) is 0 Å². The van der Waals surface area contributed by atoms with Crippen molar-refractivity contribution in [1.29, 1.82) is 0 Å². The molecule has 0 N–H and O–H groups in total. The molecule has 1 atom stereocenters. The van der Waals surface area contributed by atoms with Gasteiger partial charge in [0.05, 0.1) is 5.97 Å². The molecule has 0 heterocycles. The molecule has 1 rings (SSSR count). The smallest absolute Gasteiger partial charge is 0.768 e. The van der Waals surface area contributed by atoms with E-state index in [2.05, 4.69) is 0 Å². The number of hydrogen-bond acceptors (Lipinski definition) is 4. The molecule has 1 aromatic rings. The van der Waals surface area contributed by atoms with Crippen LogP contribution >= 0.6 is 0 Å². The van der Waals surface area contributed by atoms with Gasteiger partial charge in [0.25, 0.3) is 0 Å². The van der Waals surface area contributed by atoms with E-state index in [4.69, 9.17) is 0 Å². The minimum atomic E-state index is -2.33. The standard InChI is InChI=1S/C8H8O4S.2Na/c1-5-4-6(8(9)10)2-3-7(5)13(11)12;;/h2-4H,1H3,(H,9,10)(H,11,12);;/q;2*+1/p-2. The number of aryl methyl sites for hydroxylation is 1. The van der Waals surface area contributed by atoms with Crippen LogP contribution < -0.4 is 64.2 Å². The first-order valence-corrected chi connectivity index (χ1v) is 4.51. The molecule has 0 fully saturated rings. The summed E-state index contributed by atoms with van der Waals surface area (Å²) in [5.74, 6) is -1.31. The van der Waals surface area contributed by atoms with Crippen LogP contribution in [0.2, 0.25) is 0 Å². The maximum atomic E-state index is 10.5. The van der Waals surface area contributed by atoms with Crippen molar-refractivity contribution in [3.63, 3.8) is 0 Å². The molecule has 0 aromatic heterocycles. The third-order valence-corrected chi connectivity index (χ3v) is 2.41. The third kappa shape index (κ3) is 5.10. The topological polar surface area (TPSA) is 80.3 Å². The average Bonchev–Trinajstić information content (AvgIpc) is 2.03. The fourth-order valence-electron chi connectivity index (χ4n) is 0.963. The first-order chi connectivity index (χ1) is 6.02. The Balaban J connectivity index is 0. The van der Waals surface area contributed by atoms with E-state index >= 15 is 0 Å². The summed E-state index contributed by atoms with van der Waals surface area (Å²) in [5, 5.41) is 10.4. The number of rotatable bonds is 2. The minimum absolute atomic E-state index is 0. The SMILES string of the molecule is Cc1cc(C(=O)[O-])ccc1S(=O)[O-].[Na+].[Na+]. The normalized spacial score (nSPS) is 10.8. The largest absolute Gasteiger partial charge is 1.00 e.